The first kappa shape index (κ1) is 14.8. The van der Waals surface area contributed by atoms with Crippen LogP contribution in [0.4, 0.5) is 5.82 Å². The van der Waals surface area contributed by atoms with E-state index in [9.17, 15) is 4.79 Å². The van der Waals surface area contributed by atoms with E-state index >= 15 is 0 Å². The molecule has 3 heterocycles. The predicted octanol–water partition coefficient (Wildman–Crippen LogP) is 0.545. The number of amides is 1. The number of fused-ring (bicyclic) bond motifs is 1. The summed E-state index contributed by atoms with van der Waals surface area (Å²) in [7, 11) is 1.79. The van der Waals surface area contributed by atoms with E-state index in [0.717, 1.165) is 42.7 Å². The molecule has 0 saturated carbocycles. The minimum absolute atomic E-state index is 0.152. The summed E-state index contributed by atoms with van der Waals surface area (Å²) in [5, 5.41) is 7.28. The molecule has 7 nitrogen and oxygen atoms in total. The molecule has 0 spiro atoms. The maximum Gasteiger partial charge on any atom is 0.236 e. The molecule has 2 aromatic heterocycles. The van der Waals surface area contributed by atoms with Crippen LogP contribution in [0.3, 0.4) is 0 Å². The Kier molecular flexibility index (Phi) is 3.98. The van der Waals surface area contributed by atoms with Gasteiger partial charge in [0.05, 0.1) is 6.54 Å². The number of carbonyl (C=O) groups is 1. The first-order valence-corrected chi connectivity index (χ1v) is 7.63. The summed E-state index contributed by atoms with van der Waals surface area (Å²) in [4.78, 5) is 18.1. The van der Waals surface area contributed by atoms with Gasteiger partial charge >= 0.3 is 0 Å². The molecule has 3 rings (SSSR count). The van der Waals surface area contributed by atoms with Gasteiger partial charge < -0.3 is 16.0 Å². The highest BCUT2D eigenvalue weighted by atomic mass is 16.2. The van der Waals surface area contributed by atoms with Crippen LogP contribution in [0.25, 0.3) is 5.52 Å². The lowest BCUT2D eigenvalue weighted by atomic mass is 9.94. The van der Waals surface area contributed by atoms with E-state index in [2.05, 4.69) is 21.5 Å². The molecule has 0 aromatic carbocycles. The number of hydrogen-bond donors (Lipinski definition) is 2. The molecule has 0 aliphatic carbocycles. The third-order valence-electron chi connectivity index (χ3n) is 4.32. The van der Waals surface area contributed by atoms with Gasteiger partial charge in [0.2, 0.25) is 5.91 Å². The number of nitrogens with zero attached hydrogens (tertiary/aromatic N) is 4. The van der Waals surface area contributed by atoms with Crippen molar-refractivity contribution >= 4 is 17.2 Å². The van der Waals surface area contributed by atoms with Crippen molar-refractivity contribution in [2.24, 2.45) is 0 Å². The van der Waals surface area contributed by atoms with Gasteiger partial charge in [-0.05, 0) is 38.4 Å². The zero-order valence-electron chi connectivity index (χ0n) is 13.0. The number of rotatable bonds is 3. The molecular formula is C15H22N6O. The lowest BCUT2D eigenvalue weighted by Gasteiger charge is -2.32. The largest absolute Gasteiger partial charge is 0.382 e. The van der Waals surface area contributed by atoms with Gasteiger partial charge in [-0.25, -0.2) is 9.50 Å². The van der Waals surface area contributed by atoms with Crippen molar-refractivity contribution in [2.75, 3.05) is 32.4 Å². The zero-order chi connectivity index (χ0) is 15.7. The highest BCUT2D eigenvalue weighted by molar-refractivity contribution is 5.78. The topological polar surface area (TPSA) is 88.5 Å². The molecule has 0 bridgehead atoms. The molecule has 22 heavy (non-hydrogen) atoms. The Bertz CT molecular complexity index is 695. The van der Waals surface area contributed by atoms with Crippen molar-refractivity contribution < 1.29 is 4.79 Å². The summed E-state index contributed by atoms with van der Waals surface area (Å²) >= 11 is 0. The van der Waals surface area contributed by atoms with Gasteiger partial charge in [-0.15, -0.1) is 0 Å². The van der Waals surface area contributed by atoms with Crippen LogP contribution in [0.1, 0.15) is 30.0 Å². The smallest absolute Gasteiger partial charge is 0.236 e. The third kappa shape index (κ3) is 2.52. The first-order valence-electron chi connectivity index (χ1n) is 7.63. The first-order chi connectivity index (χ1) is 10.6. The molecule has 1 aliphatic heterocycles. The molecule has 1 saturated heterocycles. The Morgan fingerprint density at radius 1 is 1.55 bits per heavy atom. The van der Waals surface area contributed by atoms with Crippen molar-refractivity contribution in [3.63, 3.8) is 0 Å². The van der Waals surface area contributed by atoms with Crippen molar-refractivity contribution in [1.29, 1.82) is 0 Å². The second-order valence-corrected chi connectivity index (χ2v) is 5.87. The van der Waals surface area contributed by atoms with Crippen molar-refractivity contribution in [3.8, 4) is 0 Å². The van der Waals surface area contributed by atoms with Crippen LogP contribution in [0.2, 0.25) is 0 Å². The van der Waals surface area contributed by atoms with Gasteiger partial charge in [0, 0.05) is 24.7 Å². The minimum atomic E-state index is 0.152. The molecular weight excluding hydrogens is 280 g/mol. The van der Waals surface area contributed by atoms with Crippen LogP contribution >= 0.6 is 0 Å². The number of piperidine rings is 1. The van der Waals surface area contributed by atoms with Crippen molar-refractivity contribution in [1.82, 2.24) is 24.8 Å². The summed E-state index contributed by atoms with van der Waals surface area (Å²) < 4.78 is 1.88. The molecule has 0 radical (unpaired) electrons. The van der Waals surface area contributed by atoms with E-state index in [0.29, 0.717) is 12.4 Å². The number of nitrogens with one attached hydrogen (secondary N) is 1. The fraction of sp³-hybridized carbons (Fsp3) is 0.533. The number of nitrogen functional groups attached to an aromatic ring is 1. The standard InChI is InChI=1S/C15H22N6O/c1-10-6-12(21-14(10)15(16)18-9-19-21)11-4-3-5-20(8-11)13(22)7-17-2/h6,9,11,17H,3-5,7-8H2,1-2H3,(H2,16,18,19). The lowest BCUT2D eigenvalue weighted by molar-refractivity contribution is -0.131. The number of aromatic nitrogens is 3. The SMILES string of the molecule is CNCC(=O)N1CCCC(c2cc(C)c3c(N)ncnn23)C1. The number of anilines is 1. The summed E-state index contributed by atoms with van der Waals surface area (Å²) in [5.41, 5.74) is 9.03. The summed E-state index contributed by atoms with van der Waals surface area (Å²) in [5.74, 6) is 0.932. The van der Waals surface area contributed by atoms with Crippen LogP contribution < -0.4 is 11.1 Å². The van der Waals surface area contributed by atoms with E-state index in [4.69, 9.17) is 5.73 Å². The van der Waals surface area contributed by atoms with Crippen LogP contribution in [0.15, 0.2) is 12.4 Å². The minimum Gasteiger partial charge on any atom is -0.382 e. The normalized spacial score (nSPS) is 18.8. The molecule has 1 unspecified atom stereocenters. The summed E-state index contributed by atoms with van der Waals surface area (Å²) in [6, 6.07) is 2.12. The van der Waals surface area contributed by atoms with Crippen LogP contribution in [0.5, 0.6) is 0 Å². The third-order valence-corrected chi connectivity index (χ3v) is 4.32. The van der Waals surface area contributed by atoms with E-state index in [1.165, 1.54) is 6.33 Å². The summed E-state index contributed by atoms with van der Waals surface area (Å²) in [6.07, 6.45) is 3.55. The quantitative estimate of drug-likeness (QED) is 0.864. The van der Waals surface area contributed by atoms with Crippen LogP contribution in [-0.4, -0.2) is 52.1 Å². The van der Waals surface area contributed by atoms with Gasteiger partial charge in [-0.2, -0.15) is 5.10 Å². The number of hydrogen-bond acceptors (Lipinski definition) is 5. The van der Waals surface area contributed by atoms with Crippen molar-refractivity contribution in [3.05, 3.63) is 23.7 Å². The van der Waals surface area contributed by atoms with E-state index < -0.39 is 0 Å². The highest BCUT2D eigenvalue weighted by Crippen LogP contribution is 2.30. The molecule has 1 fully saturated rings. The Morgan fingerprint density at radius 2 is 2.36 bits per heavy atom. The van der Waals surface area contributed by atoms with Crippen LogP contribution in [0, 0.1) is 6.92 Å². The fourth-order valence-electron chi connectivity index (χ4n) is 3.28. The van der Waals surface area contributed by atoms with E-state index in [1.54, 1.807) is 7.05 Å². The lowest BCUT2D eigenvalue weighted by Crippen LogP contribution is -2.43. The molecule has 118 valence electrons. The molecule has 7 heteroatoms. The Morgan fingerprint density at radius 3 is 3.14 bits per heavy atom. The number of carbonyl (C=O) groups excluding carboxylic acids is 1. The Hall–Kier alpha value is -2.15. The number of nitrogens with two attached hydrogens (primary N) is 1. The monoisotopic (exact) mass is 302 g/mol. The predicted molar refractivity (Wildman–Crippen MR) is 84.6 cm³/mol. The average molecular weight is 302 g/mol. The summed E-state index contributed by atoms with van der Waals surface area (Å²) in [6.45, 7) is 3.97. The molecule has 2 aromatic rings. The molecule has 1 aliphatic rings. The molecule has 1 atom stereocenters. The maximum absolute atomic E-state index is 12.1. The Labute approximate surface area is 129 Å². The van der Waals surface area contributed by atoms with Gasteiger partial charge in [0.15, 0.2) is 5.82 Å². The number of likely N-dealkylation sites (tertiary alicyclic amines) is 1. The van der Waals surface area contributed by atoms with Gasteiger partial charge in [-0.1, -0.05) is 0 Å². The van der Waals surface area contributed by atoms with Gasteiger partial charge in [-0.3, -0.25) is 4.79 Å². The Balaban J connectivity index is 1.91. The fourth-order valence-corrected chi connectivity index (χ4v) is 3.28. The number of aryl methyl sites for hydroxylation is 1. The number of likely N-dealkylation sites (N-methyl/N-ethyl adjacent to an activating group) is 1. The molecule has 1 amide bonds. The van der Waals surface area contributed by atoms with E-state index in [-0.39, 0.29) is 11.8 Å². The highest BCUT2D eigenvalue weighted by Gasteiger charge is 2.27. The second-order valence-electron chi connectivity index (χ2n) is 5.87. The van der Waals surface area contributed by atoms with Gasteiger partial charge in [0.1, 0.15) is 11.8 Å². The maximum atomic E-state index is 12.1. The van der Waals surface area contributed by atoms with Crippen LogP contribution in [-0.2, 0) is 4.79 Å². The molecule has 3 N–H and O–H groups in total. The average Bonchev–Trinajstić information content (AvgIpc) is 2.86. The van der Waals surface area contributed by atoms with Crippen molar-refractivity contribution in [2.45, 2.75) is 25.7 Å². The zero-order valence-corrected chi connectivity index (χ0v) is 13.0. The van der Waals surface area contributed by atoms with E-state index in [1.807, 2.05) is 16.3 Å². The van der Waals surface area contributed by atoms with Gasteiger partial charge in [0.25, 0.3) is 0 Å². The second kappa shape index (κ2) is 5.92.